The van der Waals surface area contributed by atoms with E-state index in [0.717, 1.165) is 12.0 Å². The van der Waals surface area contributed by atoms with E-state index in [2.05, 4.69) is 35.8 Å². The first kappa shape index (κ1) is 17.5. The maximum absolute atomic E-state index is 9.39. The molecule has 1 fully saturated rings. The molecule has 3 nitrogen and oxygen atoms in total. The van der Waals surface area contributed by atoms with Gasteiger partial charge in [0.25, 0.3) is 0 Å². The predicted octanol–water partition coefficient (Wildman–Crippen LogP) is 3.77. The van der Waals surface area contributed by atoms with Gasteiger partial charge in [-0.3, -0.25) is 0 Å². The zero-order chi connectivity index (χ0) is 17.2. The predicted molar refractivity (Wildman–Crippen MR) is 99.4 cm³/mol. The van der Waals surface area contributed by atoms with Crippen molar-refractivity contribution in [2.45, 2.75) is 35.9 Å². The molecular weight excluding hydrogens is 361 g/mol. The summed E-state index contributed by atoms with van der Waals surface area (Å²) in [5.74, 6) is 4.67. The fraction of sp³-hybridized carbons (Fsp3) is 0.400. The Labute approximate surface area is 147 Å². The summed E-state index contributed by atoms with van der Waals surface area (Å²) in [6, 6.07) is 16.4. The minimum absolute atomic E-state index is 0.333. The summed E-state index contributed by atoms with van der Waals surface area (Å²) in [5, 5.41) is 10.6. The molecule has 0 aromatic heterocycles. The van der Waals surface area contributed by atoms with Gasteiger partial charge >= 0.3 is 147 Å². The van der Waals surface area contributed by atoms with Crippen LogP contribution in [0.4, 0.5) is 0 Å². The Morgan fingerprint density at radius 3 is 2.12 bits per heavy atom. The molecule has 2 aromatic rings. The van der Waals surface area contributed by atoms with E-state index >= 15 is 0 Å². The van der Waals surface area contributed by atoms with Crippen molar-refractivity contribution < 1.29 is 14.6 Å². The first-order chi connectivity index (χ1) is 11.4. The normalized spacial score (nSPS) is 17.1. The van der Waals surface area contributed by atoms with Crippen LogP contribution >= 0.6 is 0 Å². The first-order valence-corrected chi connectivity index (χ1v) is 15.3. The molecule has 0 aliphatic carbocycles. The van der Waals surface area contributed by atoms with Gasteiger partial charge in [0.2, 0.25) is 0 Å². The Balaban J connectivity index is 1.68. The molecule has 1 N–H and O–H groups in total. The third kappa shape index (κ3) is 3.85. The van der Waals surface area contributed by atoms with E-state index in [1.54, 1.807) is 12.1 Å². The van der Waals surface area contributed by atoms with Gasteiger partial charge in [0.1, 0.15) is 0 Å². The number of ether oxygens (including phenoxy) is 2. The number of benzene rings is 2. The average molecular weight is 387 g/mol. The molecule has 0 radical (unpaired) electrons. The van der Waals surface area contributed by atoms with Crippen molar-refractivity contribution in [2.24, 2.45) is 0 Å². The Bertz CT molecular complexity index is 671. The summed E-state index contributed by atoms with van der Waals surface area (Å²) < 4.78 is 13.0. The third-order valence-corrected chi connectivity index (χ3v) is 12.1. The van der Waals surface area contributed by atoms with Crippen molar-refractivity contribution in [3.63, 3.8) is 0 Å². The number of hydrogen-bond acceptors (Lipinski definition) is 3. The second-order valence-electron chi connectivity index (χ2n) is 7.27. The molecule has 0 atom stereocenters. The van der Waals surface area contributed by atoms with Crippen LogP contribution in [-0.4, -0.2) is 31.6 Å². The van der Waals surface area contributed by atoms with Gasteiger partial charge in [0.05, 0.1) is 0 Å². The van der Waals surface area contributed by atoms with Crippen LogP contribution in [0.2, 0.25) is 16.8 Å². The molecule has 0 unspecified atom stereocenters. The van der Waals surface area contributed by atoms with Gasteiger partial charge in [-0.05, 0) is 0 Å². The zero-order valence-corrected chi connectivity index (χ0v) is 16.8. The van der Waals surface area contributed by atoms with E-state index < -0.39 is 19.1 Å². The van der Waals surface area contributed by atoms with Gasteiger partial charge in [-0.25, -0.2) is 0 Å². The van der Waals surface area contributed by atoms with Gasteiger partial charge < -0.3 is 0 Å². The minimum atomic E-state index is -2.06. The molecule has 0 amide bonds. The van der Waals surface area contributed by atoms with E-state index in [0.29, 0.717) is 19.0 Å². The number of aromatic hydroxyl groups is 1. The molecule has 1 saturated heterocycles. The molecule has 4 heteroatoms. The van der Waals surface area contributed by atoms with Gasteiger partial charge in [-0.15, -0.1) is 0 Å². The van der Waals surface area contributed by atoms with Crippen LogP contribution in [0.15, 0.2) is 48.5 Å². The molecule has 3 rings (SSSR count). The first-order valence-electron chi connectivity index (χ1n) is 8.56. The van der Waals surface area contributed by atoms with Crippen molar-refractivity contribution in [3.8, 4) is 5.75 Å². The van der Waals surface area contributed by atoms with E-state index in [1.165, 1.54) is 15.2 Å². The summed E-state index contributed by atoms with van der Waals surface area (Å²) in [6.07, 6.45) is 1.07. The van der Waals surface area contributed by atoms with Crippen molar-refractivity contribution in [1.29, 1.82) is 0 Å². The Morgan fingerprint density at radius 1 is 0.958 bits per heavy atom. The Hall–Kier alpha value is -1.30. The number of phenolic OH excluding ortho intramolecular Hbond substituents is 1. The van der Waals surface area contributed by atoms with Gasteiger partial charge in [-0.1, -0.05) is 0 Å². The number of rotatable bonds is 5. The van der Waals surface area contributed by atoms with Crippen LogP contribution in [0.1, 0.15) is 18.1 Å². The summed E-state index contributed by atoms with van der Waals surface area (Å²) in [7, 11) is 0. The van der Waals surface area contributed by atoms with E-state index in [1.807, 2.05) is 19.1 Å². The average Bonchev–Trinajstić information content (AvgIpc) is 3.03. The van der Waals surface area contributed by atoms with E-state index in [4.69, 9.17) is 9.47 Å². The van der Waals surface area contributed by atoms with Crippen LogP contribution in [0, 0.1) is 0 Å². The molecular formula is C20H26GeO3. The molecule has 2 aromatic carbocycles. The van der Waals surface area contributed by atoms with Gasteiger partial charge in [0, 0.05) is 0 Å². The molecule has 0 saturated carbocycles. The second-order valence-corrected chi connectivity index (χ2v) is 17.4. The van der Waals surface area contributed by atoms with Gasteiger partial charge in [-0.2, -0.15) is 0 Å². The van der Waals surface area contributed by atoms with Crippen molar-refractivity contribution in [1.82, 2.24) is 0 Å². The van der Waals surface area contributed by atoms with E-state index in [-0.39, 0.29) is 0 Å². The fourth-order valence-corrected chi connectivity index (χ4v) is 7.93. The fourth-order valence-electron chi connectivity index (χ4n) is 3.17. The summed E-state index contributed by atoms with van der Waals surface area (Å²) in [5.41, 5.74) is 2.39. The molecule has 1 heterocycles. The van der Waals surface area contributed by atoms with Crippen LogP contribution < -0.4 is 4.40 Å². The van der Waals surface area contributed by atoms with Crippen molar-refractivity contribution in [2.75, 3.05) is 13.2 Å². The Morgan fingerprint density at radius 2 is 1.54 bits per heavy atom. The maximum atomic E-state index is 9.39. The second kappa shape index (κ2) is 6.91. The molecule has 0 spiro atoms. The third-order valence-electron chi connectivity index (χ3n) is 5.00. The van der Waals surface area contributed by atoms with Crippen LogP contribution in [0.5, 0.6) is 5.75 Å². The van der Waals surface area contributed by atoms with E-state index in [9.17, 15) is 5.11 Å². The van der Waals surface area contributed by atoms with Crippen LogP contribution in [0.3, 0.4) is 0 Å². The topological polar surface area (TPSA) is 38.7 Å². The Kier molecular flexibility index (Phi) is 5.04. The molecule has 1 aliphatic rings. The standard InChI is InChI=1S/C20H26GeO3/c1-20(23-14-15-24-20)17-6-8-18(9-7-17)21(2,3)13-12-16-4-10-19(22)11-5-16/h4-11,22H,12-15H2,1-3H3. The van der Waals surface area contributed by atoms with Gasteiger partial charge in [0.15, 0.2) is 0 Å². The van der Waals surface area contributed by atoms with Crippen molar-refractivity contribution in [3.05, 3.63) is 59.7 Å². The molecule has 0 bridgehead atoms. The molecule has 128 valence electrons. The summed E-state index contributed by atoms with van der Waals surface area (Å²) in [4.78, 5) is 0. The quantitative estimate of drug-likeness (QED) is 0.795. The number of phenols is 1. The van der Waals surface area contributed by atoms with Crippen LogP contribution in [0.25, 0.3) is 0 Å². The van der Waals surface area contributed by atoms with Crippen LogP contribution in [-0.2, 0) is 21.7 Å². The van der Waals surface area contributed by atoms with Crippen molar-refractivity contribution >= 4 is 17.7 Å². The molecule has 24 heavy (non-hydrogen) atoms. The number of aryl methyl sites for hydroxylation is 1. The summed E-state index contributed by atoms with van der Waals surface area (Å²) >= 11 is -2.06. The zero-order valence-electron chi connectivity index (χ0n) is 14.7. The molecule has 1 aliphatic heterocycles. The SMILES string of the molecule is CC1(c2cc[c]([Ge]([CH3])([CH3])[CH2]Cc3ccc(O)cc3)cc2)OCCO1. The monoisotopic (exact) mass is 388 g/mol. The number of hydrogen-bond donors (Lipinski definition) is 1. The summed E-state index contributed by atoms with van der Waals surface area (Å²) in [6.45, 7) is 3.31.